The van der Waals surface area contributed by atoms with Crippen molar-refractivity contribution in [2.45, 2.75) is 30.2 Å². The lowest BCUT2D eigenvalue weighted by molar-refractivity contribution is -0.131. The molecule has 0 saturated carbocycles. The number of hydrogen-bond donors (Lipinski definition) is 0. The number of likely N-dealkylation sites (tertiary alicyclic amines) is 1. The number of hydrogen-bond acceptors (Lipinski definition) is 4. The normalized spacial score (nSPS) is 16.4. The quantitative estimate of drug-likeness (QED) is 0.644. The summed E-state index contributed by atoms with van der Waals surface area (Å²) in [6, 6.07) is 12.2. The van der Waals surface area contributed by atoms with Gasteiger partial charge >= 0.3 is 0 Å². The maximum absolute atomic E-state index is 13.0. The minimum atomic E-state index is -0.247. The van der Waals surface area contributed by atoms with E-state index in [2.05, 4.69) is 0 Å². The summed E-state index contributed by atoms with van der Waals surface area (Å²) in [5.41, 5.74) is 1.02. The molecule has 0 radical (unpaired) electrons. The molecule has 1 aliphatic heterocycles. The van der Waals surface area contributed by atoms with Crippen LogP contribution in [0, 0.1) is 5.82 Å². The van der Waals surface area contributed by atoms with E-state index in [0.29, 0.717) is 12.2 Å². The third-order valence-electron chi connectivity index (χ3n) is 4.77. The van der Waals surface area contributed by atoms with Gasteiger partial charge in [-0.3, -0.25) is 4.79 Å². The minimum Gasteiger partial charge on any atom is -0.497 e. The molecule has 0 spiro atoms. The minimum absolute atomic E-state index is 0.0363. The second-order valence-corrected chi connectivity index (χ2v) is 7.57. The number of carbonyl (C=O) groups excluding carboxylic acids is 1. The first kappa shape index (κ1) is 19.5. The Labute approximate surface area is 163 Å². The Hall–Kier alpha value is -2.21. The molecule has 1 aliphatic rings. The summed E-state index contributed by atoms with van der Waals surface area (Å²) >= 11 is 1.57. The van der Waals surface area contributed by atoms with E-state index < -0.39 is 0 Å². The lowest BCUT2D eigenvalue weighted by atomic mass is 10.0. The zero-order valence-electron chi connectivity index (χ0n) is 15.6. The molecule has 0 bridgehead atoms. The lowest BCUT2D eigenvalue weighted by Crippen LogP contribution is -2.31. The van der Waals surface area contributed by atoms with E-state index in [1.165, 1.54) is 12.1 Å². The number of rotatable bonds is 7. The Morgan fingerprint density at radius 3 is 2.67 bits per heavy atom. The number of halogens is 1. The van der Waals surface area contributed by atoms with Crippen LogP contribution in [0.3, 0.4) is 0 Å². The van der Waals surface area contributed by atoms with Gasteiger partial charge in [0.05, 0.1) is 20.3 Å². The Morgan fingerprint density at radius 1 is 1.19 bits per heavy atom. The number of benzene rings is 2. The fourth-order valence-corrected chi connectivity index (χ4v) is 4.25. The predicted molar refractivity (Wildman–Crippen MR) is 105 cm³/mol. The largest absolute Gasteiger partial charge is 0.497 e. The second kappa shape index (κ2) is 9.13. The Kier molecular flexibility index (Phi) is 6.61. The molecule has 2 aromatic carbocycles. The van der Waals surface area contributed by atoms with Gasteiger partial charge in [0.25, 0.3) is 0 Å². The van der Waals surface area contributed by atoms with E-state index >= 15 is 0 Å². The van der Waals surface area contributed by atoms with Crippen LogP contribution in [0.2, 0.25) is 0 Å². The van der Waals surface area contributed by atoms with Crippen molar-refractivity contribution in [1.82, 2.24) is 4.90 Å². The molecule has 27 heavy (non-hydrogen) atoms. The highest BCUT2D eigenvalue weighted by Crippen LogP contribution is 2.39. The average molecular weight is 389 g/mol. The molecule has 1 atom stereocenters. The molecule has 1 heterocycles. The molecule has 1 amide bonds. The molecule has 3 rings (SSSR count). The van der Waals surface area contributed by atoms with Gasteiger partial charge in [0.1, 0.15) is 17.3 Å². The van der Waals surface area contributed by atoms with E-state index in [1.54, 1.807) is 38.1 Å². The zero-order valence-corrected chi connectivity index (χ0v) is 16.4. The third-order valence-corrected chi connectivity index (χ3v) is 5.78. The molecular weight excluding hydrogens is 365 g/mol. The number of methoxy groups -OCH3 is 2. The molecule has 0 N–H and O–H groups in total. The molecule has 144 valence electrons. The molecule has 1 unspecified atom stereocenters. The van der Waals surface area contributed by atoms with Gasteiger partial charge < -0.3 is 14.4 Å². The van der Waals surface area contributed by atoms with Gasteiger partial charge in [0, 0.05) is 35.2 Å². The van der Waals surface area contributed by atoms with Crippen LogP contribution in [-0.4, -0.2) is 37.3 Å². The van der Waals surface area contributed by atoms with Crippen molar-refractivity contribution in [3.05, 3.63) is 53.8 Å². The number of carbonyl (C=O) groups is 1. The van der Waals surface area contributed by atoms with Crippen LogP contribution < -0.4 is 9.47 Å². The van der Waals surface area contributed by atoms with Crippen molar-refractivity contribution < 1.29 is 18.7 Å². The highest BCUT2D eigenvalue weighted by Gasteiger charge is 2.31. The van der Waals surface area contributed by atoms with E-state index in [1.807, 2.05) is 23.1 Å². The lowest BCUT2D eigenvalue weighted by Gasteiger charge is -2.26. The topological polar surface area (TPSA) is 38.8 Å². The number of ether oxygens (including phenoxy) is 2. The van der Waals surface area contributed by atoms with Crippen LogP contribution in [-0.2, 0) is 4.79 Å². The van der Waals surface area contributed by atoms with Crippen LogP contribution in [0.1, 0.15) is 30.9 Å². The monoisotopic (exact) mass is 389 g/mol. The zero-order chi connectivity index (χ0) is 19.2. The second-order valence-electron chi connectivity index (χ2n) is 6.41. The summed E-state index contributed by atoms with van der Waals surface area (Å²) < 4.78 is 23.8. The summed E-state index contributed by atoms with van der Waals surface area (Å²) in [7, 11) is 3.26. The highest BCUT2D eigenvalue weighted by atomic mass is 32.2. The summed E-state index contributed by atoms with van der Waals surface area (Å²) in [6.07, 6.45) is 2.37. The Balaban J connectivity index is 1.63. The van der Waals surface area contributed by atoms with Crippen LogP contribution in [0.25, 0.3) is 0 Å². The van der Waals surface area contributed by atoms with E-state index in [-0.39, 0.29) is 17.8 Å². The van der Waals surface area contributed by atoms with Crippen LogP contribution in [0.5, 0.6) is 11.5 Å². The van der Waals surface area contributed by atoms with Gasteiger partial charge in [-0.2, -0.15) is 0 Å². The van der Waals surface area contributed by atoms with Crippen molar-refractivity contribution in [3.63, 3.8) is 0 Å². The van der Waals surface area contributed by atoms with Gasteiger partial charge in [0.2, 0.25) is 5.91 Å². The number of thioether (sulfide) groups is 1. The molecule has 2 aromatic rings. The van der Waals surface area contributed by atoms with E-state index in [4.69, 9.17) is 9.47 Å². The fraction of sp³-hybridized carbons (Fsp3) is 0.381. The highest BCUT2D eigenvalue weighted by molar-refractivity contribution is 7.99. The molecule has 0 aromatic heterocycles. The van der Waals surface area contributed by atoms with Crippen molar-refractivity contribution >= 4 is 17.7 Å². The summed E-state index contributed by atoms with van der Waals surface area (Å²) in [5.74, 6) is 2.06. The SMILES string of the molecule is COc1ccc(C2CCCN2C(=O)CCSc2ccc(F)cc2)c(OC)c1. The fourth-order valence-electron chi connectivity index (χ4n) is 3.41. The van der Waals surface area contributed by atoms with Gasteiger partial charge in [-0.25, -0.2) is 4.39 Å². The third kappa shape index (κ3) is 4.75. The average Bonchev–Trinajstić information content (AvgIpc) is 3.18. The number of nitrogens with zero attached hydrogens (tertiary/aromatic N) is 1. The molecule has 1 saturated heterocycles. The predicted octanol–water partition coefficient (Wildman–Crippen LogP) is 4.69. The number of amides is 1. The molecule has 6 heteroatoms. The van der Waals surface area contributed by atoms with Gasteiger partial charge in [-0.05, 0) is 49.2 Å². The first-order valence-corrected chi connectivity index (χ1v) is 10.0. The summed E-state index contributed by atoms with van der Waals surface area (Å²) in [5, 5.41) is 0. The van der Waals surface area contributed by atoms with E-state index in [0.717, 1.165) is 41.3 Å². The summed E-state index contributed by atoms with van der Waals surface area (Å²) in [4.78, 5) is 15.7. The van der Waals surface area contributed by atoms with Crippen LogP contribution in [0.15, 0.2) is 47.4 Å². The van der Waals surface area contributed by atoms with Gasteiger partial charge in [0.15, 0.2) is 0 Å². The van der Waals surface area contributed by atoms with Crippen LogP contribution in [0.4, 0.5) is 4.39 Å². The first-order chi connectivity index (χ1) is 13.1. The molecule has 4 nitrogen and oxygen atoms in total. The van der Waals surface area contributed by atoms with Crippen molar-refractivity contribution in [3.8, 4) is 11.5 Å². The Morgan fingerprint density at radius 2 is 1.96 bits per heavy atom. The van der Waals surface area contributed by atoms with Crippen molar-refractivity contribution in [2.24, 2.45) is 0 Å². The maximum atomic E-state index is 13.0. The van der Waals surface area contributed by atoms with E-state index in [9.17, 15) is 9.18 Å². The summed E-state index contributed by atoms with van der Waals surface area (Å²) in [6.45, 7) is 0.764. The first-order valence-electron chi connectivity index (χ1n) is 9.02. The Bertz CT molecular complexity index is 781. The smallest absolute Gasteiger partial charge is 0.223 e. The molecular formula is C21H24FNO3S. The van der Waals surface area contributed by atoms with Crippen molar-refractivity contribution in [2.75, 3.05) is 26.5 Å². The van der Waals surface area contributed by atoms with Gasteiger partial charge in [-0.15, -0.1) is 11.8 Å². The van der Waals surface area contributed by atoms with Crippen LogP contribution >= 0.6 is 11.8 Å². The standard InChI is InChI=1S/C21H24FNO3S/c1-25-16-7-10-18(20(14-16)26-2)19-4-3-12-23(19)21(24)11-13-27-17-8-5-15(22)6-9-17/h5-10,14,19H,3-4,11-13H2,1-2H3. The maximum Gasteiger partial charge on any atom is 0.223 e. The van der Waals surface area contributed by atoms with Gasteiger partial charge in [-0.1, -0.05) is 0 Å². The van der Waals surface area contributed by atoms with Crippen molar-refractivity contribution in [1.29, 1.82) is 0 Å². The molecule has 0 aliphatic carbocycles. The molecule has 1 fully saturated rings.